The molecule has 1 heterocycles. The fourth-order valence-electron chi connectivity index (χ4n) is 2.42. The lowest BCUT2D eigenvalue weighted by Crippen LogP contribution is -2.24. The van der Waals surface area contributed by atoms with Gasteiger partial charge in [0.1, 0.15) is 0 Å². The van der Waals surface area contributed by atoms with Crippen molar-refractivity contribution in [1.82, 2.24) is 0 Å². The van der Waals surface area contributed by atoms with Crippen molar-refractivity contribution >= 4 is 17.3 Å². The maximum Gasteiger partial charge on any atom is 0.229 e. The van der Waals surface area contributed by atoms with Crippen molar-refractivity contribution < 1.29 is 9.53 Å². The van der Waals surface area contributed by atoms with Crippen molar-refractivity contribution in [3.63, 3.8) is 0 Å². The van der Waals surface area contributed by atoms with Gasteiger partial charge in [0.05, 0.1) is 18.6 Å². The summed E-state index contributed by atoms with van der Waals surface area (Å²) in [4.78, 5) is 12.1. The molecule has 1 amide bonds. The van der Waals surface area contributed by atoms with Crippen LogP contribution in [0.25, 0.3) is 0 Å². The van der Waals surface area contributed by atoms with Gasteiger partial charge in [-0.1, -0.05) is 0 Å². The third-order valence-electron chi connectivity index (χ3n) is 3.37. The van der Waals surface area contributed by atoms with Gasteiger partial charge >= 0.3 is 0 Å². The predicted molar refractivity (Wildman–Crippen MR) is 72.5 cm³/mol. The van der Waals surface area contributed by atoms with E-state index >= 15 is 0 Å². The van der Waals surface area contributed by atoms with E-state index in [9.17, 15) is 4.79 Å². The number of aryl methyl sites for hydroxylation is 2. The van der Waals surface area contributed by atoms with Crippen LogP contribution in [0.5, 0.6) is 0 Å². The van der Waals surface area contributed by atoms with Crippen molar-refractivity contribution in [2.45, 2.75) is 33.3 Å². The van der Waals surface area contributed by atoms with E-state index < -0.39 is 0 Å². The summed E-state index contributed by atoms with van der Waals surface area (Å²) in [6.45, 7) is 6.41. The average Bonchev–Trinajstić information content (AvgIpc) is 2.70. The number of ether oxygens (including phenoxy) is 1. The molecule has 1 aromatic rings. The predicted octanol–water partition coefficient (Wildman–Crippen LogP) is 2.25. The first kappa shape index (κ1) is 12.9. The minimum Gasteiger partial charge on any atom is -0.399 e. The van der Waals surface area contributed by atoms with Gasteiger partial charge in [0, 0.05) is 11.4 Å². The Morgan fingerprint density at radius 2 is 2.00 bits per heavy atom. The minimum atomic E-state index is -0.0450. The van der Waals surface area contributed by atoms with Gasteiger partial charge in [-0.2, -0.15) is 0 Å². The maximum atomic E-state index is 12.1. The largest absolute Gasteiger partial charge is 0.399 e. The zero-order valence-electron chi connectivity index (χ0n) is 11.1. The Morgan fingerprint density at radius 3 is 2.50 bits per heavy atom. The Kier molecular flexibility index (Phi) is 3.57. The van der Waals surface area contributed by atoms with Crippen LogP contribution in [0.15, 0.2) is 12.1 Å². The van der Waals surface area contributed by atoms with Crippen molar-refractivity contribution in [2.75, 3.05) is 17.7 Å². The van der Waals surface area contributed by atoms with E-state index in [1.54, 1.807) is 0 Å². The highest BCUT2D eigenvalue weighted by molar-refractivity contribution is 5.94. The van der Waals surface area contributed by atoms with Gasteiger partial charge in [0.25, 0.3) is 0 Å². The molecule has 0 bridgehead atoms. The second-order valence-corrected chi connectivity index (χ2v) is 5.10. The lowest BCUT2D eigenvalue weighted by Gasteiger charge is -2.15. The van der Waals surface area contributed by atoms with Gasteiger partial charge < -0.3 is 15.8 Å². The molecule has 0 aliphatic carbocycles. The van der Waals surface area contributed by atoms with E-state index in [4.69, 9.17) is 10.5 Å². The van der Waals surface area contributed by atoms with Gasteiger partial charge in [-0.05, 0) is 50.5 Å². The van der Waals surface area contributed by atoms with Crippen molar-refractivity contribution in [3.05, 3.63) is 23.3 Å². The first-order valence-electron chi connectivity index (χ1n) is 6.26. The number of carbonyl (C=O) groups is 1. The molecule has 98 valence electrons. The van der Waals surface area contributed by atoms with E-state index in [2.05, 4.69) is 5.32 Å². The van der Waals surface area contributed by atoms with Crippen LogP contribution in [0, 0.1) is 19.8 Å². The second kappa shape index (κ2) is 4.98. The summed E-state index contributed by atoms with van der Waals surface area (Å²) < 4.78 is 5.42. The smallest absolute Gasteiger partial charge is 0.229 e. The molecule has 1 aromatic carbocycles. The number of nitrogens with two attached hydrogens (primary N) is 1. The Hall–Kier alpha value is -1.55. The summed E-state index contributed by atoms with van der Waals surface area (Å²) >= 11 is 0. The number of hydrogen-bond acceptors (Lipinski definition) is 3. The molecule has 1 saturated heterocycles. The molecule has 1 aliphatic rings. The number of nitrogen functional groups attached to an aromatic ring is 1. The molecule has 4 heteroatoms. The molecule has 0 spiro atoms. The number of rotatable bonds is 2. The number of carbonyl (C=O) groups excluding carboxylic acids is 1. The molecular formula is C14H20N2O2. The standard InChI is InChI=1S/C14H20N2O2/c1-8-4-12(15)5-9(2)13(8)16-14(17)11-6-10(3)18-7-11/h4-5,10-11H,6-7,15H2,1-3H3,(H,16,17). The molecule has 0 aromatic heterocycles. The molecule has 1 fully saturated rings. The fourth-order valence-corrected chi connectivity index (χ4v) is 2.42. The molecule has 4 nitrogen and oxygen atoms in total. The highest BCUT2D eigenvalue weighted by Gasteiger charge is 2.28. The summed E-state index contributed by atoms with van der Waals surface area (Å²) in [5, 5.41) is 2.99. The van der Waals surface area contributed by atoms with E-state index in [0.717, 1.165) is 28.9 Å². The van der Waals surface area contributed by atoms with Crippen LogP contribution in [0.4, 0.5) is 11.4 Å². The third kappa shape index (κ3) is 2.64. The summed E-state index contributed by atoms with van der Waals surface area (Å²) in [6, 6.07) is 3.74. The summed E-state index contributed by atoms with van der Waals surface area (Å²) in [6.07, 6.45) is 0.966. The quantitative estimate of drug-likeness (QED) is 0.789. The third-order valence-corrected chi connectivity index (χ3v) is 3.37. The van der Waals surface area contributed by atoms with Crippen molar-refractivity contribution in [1.29, 1.82) is 0 Å². The number of hydrogen-bond donors (Lipinski definition) is 2. The van der Waals surface area contributed by atoms with Crippen LogP contribution in [0.2, 0.25) is 0 Å². The number of benzene rings is 1. The van der Waals surface area contributed by atoms with Crippen LogP contribution < -0.4 is 11.1 Å². The fraction of sp³-hybridized carbons (Fsp3) is 0.500. The van der Waals surface area contributed by atoms with Crippen LogP contribution >= 0.6 is 0 Å². The van der Waals surface area contributed by atoms with Crippen LogP contribution in [0.3, 0.4) is 0 Å². The Balaban J connectivity index is 2.12. The molecule has 3 N–H and O–H groups in total. The van der Waals surface area contributed by atoms with E-state index in [1.807, 2.05) is 32.9 Å². The van der Waals surface area contributed by atoms with Crippen LogP contribution in [0.1, 0.15) is 24.5 Å². The van der Waals surface area contributed by atoms with Crippen molar-refractivity contribution in [3.8, 4) is 0 Å². The molecule has 2 unspecified atom stereocenters. The lowest BCUT2D eigenvalue weighted by molar-refractivity contribution is -0.119. The van der Waals surface area contributed by atoms with Crippen LogP contribution in [-0.4, -0.2) is 18.6 Å². The topological polar surface area (TPSA) is 64.3 Å². The summed E-state index contributed by atoms with van der Waals surface area (Å²) in [7, 11) is 0. The average molecular weight is 248 g/mol. The zero-order valence-corrected chi connectivity index (χ0v) is 11.1. The van der Waals surface area contributed by atoms with Gasteiger partial charge in [0.15, 0.2) is 0 Å². The van der Waals surface area contributed by atoms with Gasteiger partial charge in [-0.25, -0.2) is 0 Å². The lowest BCUT2D eigenvalue weighted by atomic mass is 10.0. The number of anilines is 2. The Bertz CT molecular complexity index is 448. The first-order chi connectivity index (χ1) is 8.47. The van der Waals surface area contributed by atoms with Gasteiger partial charge in [0.2, 0.25) is 5.91 Å². The molecule has 1 aliphatic heterocycles. The Morgan fingerprint density at radius 1 is 1.39 bits per heavy atom. The molecular weight excluding hydrogens is 228 g/mol. The molecule has 2 atom stereocenters. The number of nitrogens with one attached hydrogen (secondary N) is 1. The SMILES string of the molecule is Cc1cc(N)cc(C)c1NC(=O)C1COC(C)C1. The summed E-state index contributed by atoms with van der Waals surface area (Å²) in [5.41, 5.74) is 9.35. The monoisotopic (exact) mass is 248 g/mol. The van der Waals surface area contributed by atoms with E-state index in [-0.39, 0.29) is 17.9 Å². The highest BCUT2D eigenvalue weighted by Crippen LogP contribution is 2.26. The van der Waals surface area contributed by atoms with Gasteiger partial charge in [-0.3, -0.25) is 4.79 Å². The number of amides is 1. The maximum absolute atomic E-state index is 12.1. The molecule has 0 radical (unpaired) electrons. The molecule has 18 heavy (non-hydrogen) atoms. The Labute approximate surface area is 108 Å². The molecule has 2 rings (SSSR count). The summed E-state index contributed by atoms with van der Waals surface area (Å²) in [5.74, 6) is -0.00771. The minimum absolute atomic E-state index is 0.0373. The van der Waals surface area contributed by atoms with Crippen molar-refractivity contribution in [2.24, 2.45) is 5.92 Å². The zero-order chi connectivity index (χ0) is 13.3. The van der Waals surface area contributed by atoms with Gasteiger partial charge in [-0.15, -0.1) is 0 Å². The normalized spacial score (nSPS) is 23.1. The van der Waals surface area contributed by atoms with Crippen LogP contribution in [-0.2, 0) is 9.53 Å². The first-order valence-corrected chi connectivity index (χ1v) is 6.26. The highest BCUT2D eigenvalue weighted by atomic mass is 16.5. The molecule has 0 saturated carbocycles. The second-order valence-electron chi connectivity index (χ2n) is 5.10. The van der Waals surface area contributed by atoms with E-state index in [1.165, 1.54) is 0 Å². The van der Waals surface area contributed by atoms with E-state index in [0.29, 0.717) is 6.61 Å².